The third kappa shape index (κ3) is 3.17. The number of nitrogens with zero attached hydrogens (tertiary/aromatic N) is 2. The fraction of sp³-hybridized carbons (Fsp3) is 0.733. The molecule has 1 saturated carbocycles. The van der Waals surface area contributed by atoms with Crippen molar-refractivity contribution in [2.75, 3.05) is 12.4 Å². The van der Waals surface area contributed by atoms with Gasteiger partial charge in [-0.25, -0.2) is 4.98 Å². The highest BCUT2D eigenvalue weighted by Crippen LogP contribution is 2.32. The van der Waals surface area contributed by atoms with Crippen molar-refractivity contribution in [3.63, 3.8) is 0 Å². The fourth-order valence-corrected chi connectivity index (χ4v) is 2.90. The van der Waals surface area contributed by atoms with Crippen LogP contribution in [0.15, 0.2) is 0 Å². The molecule has 0 bridgehead atoms. The lowest BCUT2D eigenvalue weighted by Gasteiger charge is -2.31. The molecule has 2 rings (SSSR count). The van der Waals surface area contributed by atoms with Crippen molar-refractivity contribution in [3.05, 3.63) is 11.4 Å². The molecule has 1 aromatic heterocycles. The maximum atomic E-state index is 6.22. The second-order valence-corrected chi connectivity index (χ2v) is 5.41. The Kier molecular flexibility index (Phi) is 4.61. The van der Waals surface area contributed by atoms with E-state index in [4.69, 9.17) is 4.74 Å². The summed E-state index contributed by atoms with van der Waals surface area (Å²) in [7, 11) is 1.88. The van der Waals surface area contributed by atoms with Crippen LogP contribution >= 0.6 is 0 Å². The molecule has 1 aliphatic rings. The number of aromatic nitrogens is 2. The zero-order valence-electron chi connectivity index (χ0n) is 12.5. The Balaban J connectivity index is 2.20. The molecule has 19 heavy (non-hydrogen) atoms. The highest BCUT2D eigenvalue weighted by molar-refractivity contribution is 5.48. The first-order valence-electron chi connectivity index (χ1n) is 7.35. The minimum absolute atomic E-state index is 0.316. The van der Waals surface area contributed by atoms with Crippen molar-refractivity contribution >= 4 is 5.82 Å². The molecule has 1 fully saturated rings. The van der Waals surface area contributed by atoms with Crippen LogP contribution < -0.4 is 10.1 Å². The molecule has 1 heterocycles. The van der Waals surface area contributed by atoms with Crippen molar-refractivity contribution in [2.24, 2.45) is 5.92 Å². The van der Waals surface area contributed by atoms with E-state index < -0.39 is 0 Å². The number of nitrogens with one attached hydrogen (secondary N) is 1. The molecule has 0 saturated heterocycles. The van der Waals surface area contributed by atoms with Gasteiger partial charge >= 0.3 is 0 Å². The molecule has 0 radical (unpaired) electrons. The van der Waals surface area contributed by atoms with Gasteiger partial charge in [0.2, 0.25) is 5.88 Å². The molecule has 2 atom stereocenters. The first kappa shape index (κ1) is 14.1. The van der Waals surface area contributed by atoms with Gasteiger partial charge in [0.05, 0.1) is 5.56 Å². The summed E-state index contributed by atoms with van der Waals surface area (Å²) in [4.78, 5) is 8.85. The van der Waals surface area contributed by atoms with E-state index in [0.29, 0.717) is 12.0 Å². The maximum Gasteiger partial charge on any atom is 0.222 e. The first-order chi connectivity index (χ1) is 9.15. The predicted octanol–water partition coefficient (Wildman–Crippen LogP) is 3.48. The predicted molar refractivity (Wildman–Crippen MR) is 77.7 cm³/mol. The third-order valence-corrected chi connectivity index (χ3v) is 4.08. The van der Waals surface area contributed by atoms with E-state index >= 15 is 0 Å². The van der Waals surface area contributed by atoms with Crippen LogP contribution in [0.3, 0.4) is 0 Å². The Morgan fingerprint density at radius 3 is 2.63 bits per heavy atom. The maximum absolute atomic E-state index is 6.22. The highest BCUT2D eigenvalue weighted by Gasteiger charge is 2.26. The summed E-state index contributed by atoms with van der Waals surface area (Å²) in [6.07, 6.45) is 6.54. The average Bonchev–Trinajstić information content (AvgIpc) is 2.43. The van der Waals surface area contributed by atoms with Gasteiger partial charge in [0.25, 0.3) is 0 Å². The van der Waals surface area contributed by atoms with Gasteiger partial charge in [-0.3, -0.25) is 0 Å². The van der Waals surface area contributed by atoms with Crippen molar-refractivity contribution in [3.8, 4) is 5.88 Å². The van der Waals surface area contributed by atoms with Crippen molar-refractivity contribution in [2.45, 2.75) is 59.0 Å². The summed E-state index contributed by atoms with van der Waals surface area (Å²) in [5.74, 6) is 3.05. The van der Waals surface area contributed by atoms with Crippen LogP contribution in [0.5, 0.6) is 5.88 Å². The molecule has 0 spiro atoms. The van der Waals surface area contributed by atoms with Crippen LogP contribution in [0.2, 0.25) is 0 Å². The van der Waals surface area contributed by atoms with Crippen LogP contribution in [0.4, 0.5) is 5.82 Å². The van der Waals surface area contributed by atoms with Gasteiger partial charge in [-0.1, -0.05) is 13.3 Å². The molecular weight excluding hydrogens is 238 g/mol. The molecule has 4 heteroatoms. The monoisotopic (exact) mass is 263 g/mol. The summed E-state index contributed by atoms with van der Waals surface area (Å²) in [5.41, 5.74) is 1.01. The summed E-state index contributed by atoms with van der Waals surface area (Å²) in [6.45, 7) is 6.18. The van der Waals surface area contributed by atoms with E-state index in [9.17, 15) is 0 Å². The van der Waals surface area contributed by atoms with Crippen LogP contribution in [0.25, 0.3) is 0 Å². The molecule has 0 aliphatic heterocycles. The van der Waals surface area contributed by atoms with Crippen LogP contribution in [-0.4, -0.2) is 23.1 Å². The second kappa shape index (κ2) is 6.22. The molecular formula is C15H25N3O. The SMILES string of the molecule is CCC1CCCCC1Oc1nc(C)nc(NC)c1C. The molecule has 2 unspecified atom stereocenters. The van der Waals surface area contributed by atoms with E-state index in [2.05, 4.69) is 22.2 Å². The molecule has 0 amide bonds. The molecule has 1 aliphatic carbocycles. The molecule has 106 valence electrons. The summed E-state index contributed by atoms with van der Waals surface area (Å²) >= 11 is 0. The Morgan fingerprint density at radius 2 is 1.95 bits per heavy atom. The van der Waals surface area contributed by atoms with Gasteiger partial charge in [0.1, 0.15) is 17.7 Å². The normalized spacial score (nSPS) is 23.2. The number of anilines is 1. The average molecular weight is 263 g/mol. The zero-order valence-corrected chi connectivity index (χ0v) is 12.5. The van der Waals surface area contributed by atoms with E-state index in [0.717, 1.165) is 29.5 Å². The van der Waals surface area contributed by atoms with Crippen molar-refractivity contribution < 1.29 is 4.74 Å². The number of rotatable bonds is 4. The standard InChI is InChI=1S/C15H25N3O/c1-5-12-8-6-7-9-13(12)19-15-10(2)14(16-4)17-11(3)18-15/h12-13H,5-9H2,1-4H3,(H,16,17,18). The smallest absolute Gasteiger partial charge is 0.222 e. The van der Waals surface area contributed by atoms with E-state index in [1.165, 1.54) is 25.7 Å². The van der Waals surface area contributed by atoms with E-state index in [1.54, 1.807) is 0 Å². The van der Waals surface area contributed by atoms with Crippen LogP contribution in [0.1, 0.15) is 50.4 Å². The Bertz CT molecular complexity index is 434. The number of ether oxygens (including phenoxy) is 1. The highest BCUT2D eigenvalue weighted by atomic mass is 16.5. The molecule has 0 aromatic carbocycles. The van der Waals surface area contributed by atoms with E-state index in [1.807, 2.05) is 20.9 Å². The first-order valence-corrected chi connectivity index (χ1v) is 7.35. The lowest BCUT2D eigenvalue weighted by molar-refractivity contribution is 0.0848. The zero-order chi connectivity index (χ0) is 13.8. The van der Waals surface area contributed by atoms with Crippen LogP contribution in [0, 0.1) is 19.8 Å². The Hall–Kier alpha value is -1.32. The van der Waals surface area contributed by atoms with Crippen LogP contribution in [-0.2, 0) is 0 Å². The topological polar surface area (TPSA) is 47.0 Å². The number of aryl methyl sites for hydroxylation is 1. The van der Waals surface area contributed by atoms with Gasteiger partial charge in [-0.05, 0) is 45.4 Å². The summed E-state index contributed by atoms with van der Waals surface area (Å²) < 4.78 is 6.22. The summed E-state index contributed by atoms with van der Waals surface area (Å²) in [6, 6.07) is 0. The minimum Gasteiger partial charge on any atom is -0.474 e. The molecule has 1 aromatic rings. The van der Waals surface area contributed by atoms with Crippen molar-refractivity contribution in [1.29, 1.82) is 0 Å². The molecule has 4 nitrogen and oxygen atoms in total. The Labute approximate surface area is 116 Å². The third-order valence-electron chi connectivity index (χ3n) is 4.08. The lowest BCUT2D eigenvalue weighted by Crippen LogP contribution is -2.30. The quantitative estimate of drug-likeness (QED) is 0.903. The van der Waals surface area contributed by atoms with Gasteiger partial charge in [0.15, 0.2) is 0 Å². The summed E-state index contributed by atoms with van der Waals surface area (Å²) in [5, 5.41) is 3.11. The number of hydrogen-bond acceptors (Lipinski definition) is 4. The lowest BCUT2D eigenvalue weighted by atomic mass is 9.85. The van der Waals surface area contributed by atoms with Gasteiger partial charge < -0.3 is 10.1 Å². The fourth-order valence-electron chi connectivity index (χ4n) is 2.90. The van der Waals surface area contributed by atoms with E-state index in [-0.39, 0.29) is 0 Å². The second-order valence-electron chi connectivity index (χ2n) is 5.41. The van der Waals surface area contributed by atoms with Gasteiger partial charge in [0, 0.05) is 7.05 Å². The van der Waals surface area contributed by atoms with Gasteiger partial charge in [-0.15, -0.1) is 0 Å². The minimum atomic E-state index is 0.316. The number of hydrogen-bond donors (Lipinski definition) is 1. The van der Waals surface area contributed by atoms with Gasteiger partial charge in [-0.2, -0.15) is 4.98 Å². The molecule has 1 N–H and O–H groups in total. The largest absolute Gasteiger partial charge is 0.474 e. The Morgan fingerprint density at radius 1 is 1.21 bits per heavy atom. The van der Waals surface area contributed by atoms with Crippen molar-refractivity contribution in [1.82, 2.24) is 9.97 Å².